The van der Waals surface area contributed by atoms with Crippen molar-refractivity contribution in [1.82, 2.24) is 5.32 Å². The first-order chi connectivity index (χ1) is 7.92. The van der Waals surface area contributed by atoms with E-state index in [1.54, 1.807) is 25.3 Å². The van der Waals surface area contributed by atoms with Crippen LogP contribution in [0.1, 0.15) is 23.5 Å². The highest BCUT2D eigenvalue weighted by molar-refractivity contribution is 7.12. The number of ether oxygens (including phenoxy) is 1. The van der Waals surface area contributed by atoms with Crippen LogP contribution in [0.5, 0.6) is 5.75 Å². The number of nitrogens with two attached hydrogens (primary N) is 1. The summed E-state index contributed by atoms with van der Waals surface area (Å²) in [6.07, 6.45) is 0. The van der Waals surface area contributed by atoms with Crippen molar-refractivity contribution in [3.8, 4) is 5.75 Å². The van der Waals surface area contributed by atoms with Crippen molar-refractivity contribution in [2.24, 2.45) is 10.9 Å². The normalized spacial score (nSPS) is 12.3. The Hall–Kier alpha value is -1.76. The number of oxime groups is 1. The van der Waals surface area contributed by atoms with E-state index in [0.29, 0.717) is 10.6 Å². The van der Waals surface area contributed by atoms with Gasteiger partial charge in [-0.3, -0.25) is 4.79 Å². The van der Waals surface area contributed by atoms with Gasteiger partial charge < -0.3 is 21.0 Å². The second kappa shape index (κ2) is 5.05. The number of hydrogen-bond donors (Lipinski definition) is 3. The van der Waals surface area contributed by atoms with Gasteiger partial charge in [0.1, 0.15) is 10.6 Å². The highest BCUT2D eigenvalue weighted by Gasteiger charge is 2.27. The van der Waals surface area contributed by atoms with Crippen LogP contribution in [-0.2, 0) is 0 Å². The molecule has 0 aliphatic heterocycles. The molecule has 0 spiro atoms. The van der Waals surface area contributed by atoms with E-state index in [1.165, 1.54) is 18.4 Å². The first-order valence-corrected chi connectivity index (χ1v) is 5.72. The Bertz CT molecular complexity index is 440. The van der Waals surface area contributed by atoms with Gasteiger partial charge in [-0.2, -0.15) is 0 Å². The molecule has 1 amide bonds. The van der Waals surface area contributed by atoms with Crippen molar-refractivity contribution in [3.05, 3.63) is 16.3 Å². The number of amidine groups is 1. The molecule has 1 aromatic rings. The van der Waals surface area contributed by atoms with Crippen LogP contribution >= 0.6 is 11.3 Å². The topological polar surface area (TPSA) is 96.9 Å². The molecule has 7 heteroatoms. The van der Waals surface area contributed by atoms with Crippen LogP contribution in [0.4, 0.5) is 0 Å². The van der Waals surface area contributed by atoms with Crippen LogP contribution in [0.25, 0.3) is 0 Å². The lowest BCUT2D eigenvalue weighted by atomic mass is 10.0. The van der Waals surface area contributed by atoms with Crippen molar-refractivity contribution < 1.29 is 14.7 Å². The molecule has 0 fully saturated rings. The maximum atomic E-state index is 11.9. The van der Waals surface area contributed by atoms with Gasteiger partial charge >= 0.3 is 0 Å². The fourth-order valence-electron chi connectivity index (χ4n) is 1.15. The summed E-state index contributed by atoms with van der Waals surface area (Å²) >= 11 is 1.26. The monoisotopic (exact) mass is 257 g/mol. The van der Waals surface area contributed by atoms with E-state index in [1.807, 2.05) is 0 Å². The van der Waals surface area contributed by atoms with E-state index < -0.39 is 5.54 Å². The van der Waals surface area contributed by atoms with Gasteiger partial charge in [0.15, 0.2) is 5.84 Å². The largest absolute Gasteiger partial charge is 0.495 e. The molecule has 0 saturated carbocycles. The molecule has 0 aromatic carbocycles. The molecule has 0 radical (unpaired) electrons. The summed E-state index contributed by atoms with van der Waals surface area (Å²) < 4.78 is 5.05. The van der Waals surface area contributed by atoms with Crippen molar-refractivity contribution in [2.75, 3.05) is 7.11 Å². The molecule has 0 atom stereocenters. The van der Waals surface area contributed by atoms with E-state index in [4.69, 9.17) is 15.7 Å². The number of nitrogens with one attached hydrogen (secondary N) is 1. The van der Waals surface area contributed by atoms with Crippen LogP contribution in [0, 0.1) is 0 Å². The second-order valence-corrected chi connectivity index (χ2v) is 4.80. The molecule has 17 heavy (non-hydrogen) atoms. The number of methoxy groups -OCH3 is 1. The summed E-state index contributed by atoms with van der Waals surface area (Å²) in [7, 11) is 1.49. The number of carbonyl (C=O) groups excluding carboxylic acids is 1. The number of thiophene rings is 1. The molecule has 0 bridgehead atoms. The van der Waals surface area contributed by atoms with E-state index in [9.17, 15) is 4.79 Å². The van der Waals surface area contributed by atoms with Gasteiger partial charge in [0.25, 0.3) is 5.91 Å². The predicted octanol–water partition coefficient (Wildman–Crippen LogP) is 1.01. The van der Waals surface area contributed by atoms with Gasteiger partial charge in [0.2, 0.25) is 0 Å². The number of carbonyl (C=O) groups is 1. The fraction of sp³-hybridized carbons (Fsp3) is 0.400. The molecular weight excluding hydrogens is 242 g/mol. The lowest BCUT2D eigenvalue weighted by Gasteiger charge is -2.24. The van der Waals surface area contributed by atoms with Crippen LogP contribution in [0.3, 0.4) is 0 Å². The molecule has 0 saturated heterocycles. The Morgan fingerprint density at radius 1 is 1.65 bits per heavy atom. The van der Waals surface area contributed by atoms with Crippen LogP contribution in [0.15, 0.2) is 16.6 Å². The van der Waals surface area contributed by atoms with E-state index in [-0.39, 0.29) is 11.7 Å². The standard InChI is InChI=1S/C10H15N3O3S/c1-10(2,9(11)13-15)12-8(14)7-6(16-3)4-5-17-7/h4-5,15H,1-3H3,(H2,11,13)(H,12,14). The molecule has 4 N–H and O–H groups in total. The smallest absolute Gasteiger partial charge is 0.265 e. The minimum atomic E-state index is -0.930. The molecule has 94 valence electrons. The van der Waals surface area contributed by atoms with E-state index in [0.717, 1.165) is 0 Å². The summed E-state index contributed by atoms with van der Waals surface area (Å²) in [5, 5.41) is 15.9. The number of nitrogens with zero attached hydrogens (tertiary/aromatic N) is 1. The summed E-state index contributed by atoms with van der Waals surface area (Å²) in [6.45, 7) is 3.28. The summed E-state index contributed by atoms with van der Waals surface area (Å²) in [6, 6.07) is 1.70. The minimum absolute atomic E-state index is 0.0682. The van der Waals surface area contributed by atoms with Crippen molar-refractivity contribution in [2.45, 2.75) is 19.4 Å². The van der Waals surface area contributed by atoms with Gasteiger partial charge in [0.05, 0.1) is 12.6 Å². The quantitative estimate of drug-likeness (QED) is 0.324. The van der Waals surface area contributed by atoms with Crippen LogP contribution in [-0.4, -0.2) is 29.6 Å². The molecule has 6 nitrogen and oxygen atoms in total. The molecular formula is C10H15N3O3S. The fourth-order valence-corrected chi connectivity index (χ4v) is 1.91. The second-order valence-electron chi connectivity index (χ2n) is 3.88. The van der Waals surface area contributed by atoms with E-state index >= 15 is 0 Å². The van der Waals surface area contributed by atoms with Crippen LogP contribution in [0.2, 0.25) is 0 Å². The number of rotatable bonds is 4. The van der Waals surface area contributed by atoms with Crippen LogP contribution < -0.4 is 15.8 Å². The highest BCUT2D eigenvalue weighted by atomic mass is 32.1. The zero-order valence-corrected chi connectivity index (χ0v) is 10.7. The Balaban J connectivity index is 2.87. The third-order valence-corrected chi connectivity index (χ3v) is 3.12. The van der Waals surface area contributed by atoms with Gasteiger partial charge in [-0.25, -0.2) is 0 Å². The van der Waals surface area contributed by atoms with Gasteiger partial charge in [-0.05, 0) is 25.3 Å². The highest BCUT2D eigenvalue weighted by Crippen LogP contribution is 2.24. The minimum Gasteiger partial charge on any atom is -0.495 e. The lowest BCUT2D eigenvalue weighted by molar-refractivity contribution is 0.0932. The van der Waals surface area contributed by atoms with Gasteiger partial charge in [-0.15, -0.1) is 11.3 Å². The number of amides is 1. The third kappa shape index (κ3) is 2.88. The van der Waals surface area contributed by atoms with E-state index in [2.05, 4.69) is 10.5 Å². The molecule has 1 aromatic heterocycles. The Labute approximate surface area is 103 Å². The Morgan fingerprint density at radius 3 is 2.82 bits per heavy atom. The summed E-state index contributed by atoms with van der Waals surface area (Å²) in [5.41, 5.74) is 4.55. The summed E-state index contributed by atoms with van der Waals surface area (Å²) in [5.74, 6) is 0.109. The maximum absolute atomic E-state index is 11.9. The molecule has 1 heterocycles. The molecule has 0 aliphatic carbocycles. The predicted molar refractivity (Wildman–Crippen MR) is 65.8 cm³/mol. The van der Waals surface area contributed by atoms with Crippen molar-refractivity contribution >= 4 is 23.1 Å². The van der Waals surface area contributed by atoms with Gasteiger partial charge in [0, 0.05) is 0 Å². The molecule has 1 rings (SSSR count). The SMILES string of the molecule is COc1ccsc1C(=O)NC(C)(C)/C(N)=N/O. The first-order valence-electron chi connectivity index (χ1n) is 4.84. The molecule has 0 unspecified atom stereocenters. The maximum Gasteiger partial charge on any atom is 0.265 e. The lowest BCUT2D eigenvalue weighted by Crippen LogP contribution is -2.53. The van der Waals surface area contributed by atoms with Crippen molar-refractivity contribution in [1.29, 1.82) is 0 Å². The number of hydrogen-bond acceptors (Lipinski definition) is 5. The summed E-state index contributed by atoms with van der Waals surface area (Å²) in [4.78, 5) is 12.4. The average molecular weight is 257 g/mol. The average Bonchev–Trinajstić information content (AvgIpc) is 2.75. The van der Waals surface area contributed by atoms with Crippen molar-refractivity contribution in [3.63, 3.8) is 0 Å². The van der Waals surface area contributed by atoms with Gasteiger partial charge in [-0.1, -0.05) is 5.16 Å². The zero-order chi connectivity index (χ0) is 13.1. The first kappa shape index (κ1) is 13.3. The Morgan fingerprint density at radius 2 is 2.29 bits per heavy atom. The third-order valence-electron chi connectivity index (χ3n) is 2.23. The Kier molecular flexibility index (Phi) is 3.95. The zero-order valence-electron chi connectivity index (χ0n) is 9.85. The molecule has 0 aliphatic rings.